The second kappa shape index (κ2) is 29.0. The van der Waals surface area contributed by atoms with Crippen LogP contribution in [0.3, 0.4) is 0 Å². The normalized spacial score (nSPS) is 13.1. The highest BCUT2D eigenvalue weighted by Crippen LogP contribution is 2.44. The molecule has 62 heavy (non-hydrogen) atoms. The van der Waals surface area contributed by atoms with Crippen LogP contribution >= 0.6 is 0 Å². The lowest BCUT2D eigenvalue weighted by Crippen LogP contribution is -2.62. The zero-order valence-corrected chi connectivity index (χ0v) is 50.1. The Bertz CT molecular complexity index is 1340. The first kappa shape index (κ1) is 65.4. The van der Waals surface area contributed by atoms with E-state index in [2.05, 4.69) is 142 Å². The summed E-state index contributed by atoms with van der Waals surface area (Å²) in [5, 5.41) is 2.84. The van der Waals surface area contributed by atoms with Crippen molar-refractivity contribution in [2.24, 2.45) is 0 Å². The summed E-state index contributed by atoms with van der Waals surface area (Å²) in [6.07, 6.45) is 1.13. The maximum absolute atomic E-state index is 5.78. The minimum Gasteiger partial charge on any atom is -0.397 e. The Kier molecular flexibility index (Phi) is 30.6. The molecular weight excluding hydrogens is 865 g/mol. The summed E-state index contributed by atoms with van der Waals surface area (Å²) in [5.41, 5.74) is 0.479. The van der Waals surface area contributed by atoms with Gasteiger partial charge in [-0.25, -0.2) is 0 Å². The summed E-state index contributed by atoms with van der Waals surface area (Å²) in [6.45, 7) is 36.8. The Morgan fingerprint density at radius 2 is 0.742 bits per heavy atom. The number of hydrogen-bond acceptors (Lipinski definition) is 10. The van der Waals surface area contributed by atoms with E-state index in [1.165, 1.54) is 0 Å². The van der Waals surface area contributed by atoms with Crippen LogP contribution in [0.2, 0.25) is 44.3 Å². The van der Waals surface area contributed by atoms with Crippen molar-refractivity contribution >= 4 is 53.2 Å². The molecule has 0 atom stereocenters. The van der Waals surface area contributed by atoms with E-state index in [1.54, 1.807) is 71.1 Å². The van der Waals surface area contributed by atoms with Gasteiger partial charge in [0.2, 0.25) is 0 Å². The molecule has 0 aliphatic heterocycles. The van der Waals surface area contributed by atoms with Crippen molar-refractivity contribution in [3.8, 4) is 0 Å². The summed E-state index contributed by atoms with van der Waals surface area (Å²) in [7, 11) is 7.19. The van der Waals surface area contributed by atoms with Crippen LogP contribution in [0.25, 0.3) is 0 Å². The van der Waals surface area contributed by atoms with Gasteiger partial charge in [0.25, 0.3) is 0 Å². The molecule has 0 saturated heterocycles. The van der Waals surface area contributed by atoms with E-state index in [1.807, 2.05) is 36.4 Å². The summed E-state index contributed by atoms with van der Waals surface area (Å²) in [6, 6.07) is 22.4. The molecule has 0 saturated carbocycles. The summed E-state index contributed by atoms with van der Waals surface area (Å²) < 4.78 is 55.8. The third-order valence-electron chi connectivity index (χ3n) is 12.1. The molecule has 0 amide bonds. The molecule has 2 aromatic rings. The number of rotatable bonds is 16. The van der Waals surface area contributed by atoms with Crippen LogP contribution in [0.15, 0.2) is 60.7 Å². The average Bonchev–Trinajstić information content (AvgIpc) is 3.21. The first-order valence-electron chi connectivity index (χ1n) is 22.0. The molecule has 10 nitrogen and oxygen atoms in total. The second-order valence-corrected chi connectivity index (χ2v) is 40.8. The molecule has 0 bridgehead atoms. The molecule has 0 radical (unpaired) electrons. The Morgan fingerprint density at radius 1 is 0.419 bits per heavy atom. The summed E-state index contributed by atoms with van der Waals surface area (Å²) in [5.74, 6) is 0. The van der Waals surface area contributed by atoms with Crippen molar-refractivity contribution in [3.05, 3.63) is 60.7 Å². The molecule has 0 aliphatic rings. The molecule has 2 aromatic carbocycles. The monoisotopic (exact) mass is 963 g/mol. The molecule has 0 spiro atoms. The SMILES string of the molecule is CCC[Si](OC)(OC)C(C)(C)C.CC[Si](OC)(OC)C(C)(C)C.CO[Si](C)(OC)C(C)(C)C.CO[Si](OC)(C(C)C)C(C)(C)C.CO[Si](OC)(c1ccccc1)c1ccccc1. The lowest BCUT2D eigenvalue weighted by Gasteiger charge is -2.41. The molecule has 0 aliphatic carbocycles. The standard InChI is InChI=1S/C14H16O2Si.2C9H22O2Si.C8H20O2Si.C7H18O2Si/c1-15-17(16-2,13-9-5-3-6-10-13)14-11-7-4-8-12-14;1-8(2)12(10-6,11-7)9(3,4)5;1-7-8-12(10-5,11-6)9(2,3)4;1-7-11(9-5,10-6)8(2,3)4;1-7(2,3)10(6,8-4)9-5/h3-12H,1-2H3;8H,1-7H3;7-8H2,1-6H3;7H2,1-6H3;1-6H3. The van der Waals surface area contributed by atoms with Crippen molar-refractivity contribution in [3.63, 3.8) is 0 Å². The Hall–Kier alpha value is -0.876. The predicted octanol–water partition coefficient (Wildman–Crippen LogP) is 12.1. The zero-order chi connectivity index (χ0) is 49.5. The largest absolute Gasteiger partial charge is 0.406 e. The molecule has 15 heteroatoms. The van der Waals surface area contributed by atoms with Crippen molar-refractivity contribution in [1.82, 2.24) is 0 Å². The number of benzene rings is 2. The highest BCUT2D eigenvalue weighted by Gasteiger charge is 2.51. The first-order valence-corrected chi connectivity index (χ1v) is 32.1. The van der Waals surface area contributed by atoms with Gasteiger partial charge in [0.1, 0.15) is 0 Å². The number of hydrogen-bond donors (Lipinski definition) is 0. The van der Waals surface area contributed by atoms with E-state index in [9.17, 15) is 0 Å². The average molecular weight is 964 g/mol. The van der Waals surface area contributed by atoms with E-state index >= 15 is 0 Å². The fourth-order valence-corrected chi connectivity index (χ4v) is 22.3. The van der Waals surface area contributed by atoms with Crippen LogP contribution in [-0.4, -0.2) is 114 Å². The molecule has 0 heterocycles. The Balaban J connectivity index is -0.000000713. The quantitative estimate of drug-likeness (QED) is 0.151. The fraction of sp³-hybridized carbons (Fsp3) is 0.745. The zero-order valence-electron chi connectivity index (χ0n) is 45.1. The van der Waals surface area contributed by atoms with Crippen LogP contribution < -0.4 is 10.4 Å². The van der Waals surface area contributed by atoms with E-state index in [0.717, 1.165) is 28.9 Å². The van der Waals surface area contributed by atoms with Crippen LogP contribution in [0, 0.1) is 0 Å². The third-order valence-corrected chi connectivity index (χ3v) is 33.8. The van der Waals surface area contributed by atoms with Crippen LogP contribution in [-0.2, 0) is 44.3 Å². The molecular formula is C47H98O10Si5. The van der Waals surface area contributed by atoms with Gasteiger partial charge in [-0.1, -0.05) is 178 Å². The first-order chi connectivity index (χ1) is 28.4. The van der Waals surface area contributed by atoms with Crippen LogP contribution in [0.1, 0.15) is 117 Å². The molecule has 366 valence electrons. The third kappa shape index (κ3) is 17.7. The molecule has 0 fully saturated rings. The van der Waals surface area contributed by atoms with Gasteiger partial charge in [-0.05, 0) is 34.5 Å². The predicted molar refractivity (Wildman–Crippen MR) is 276 cm³/mol. The molecule has 2 rings (SSSR count). The van der Waals surface area contributed by atoms with Crippen molar-refractivity contribution in [1.29, 1.82) is 0 Å². The second-order valence-electron chi connectivity index (χ2n) is 19.8. The van der Waals surface area contributed by atoms with E-state index in [-0.39, 0.29) is 20.2 Å². The van der Waals surface area contributed by atoms with Gasteiger partial charge in [-0.3, -0.25) is 0 Å². The molecule has 0 N–H and O–H groups in total. The maximum Gasteiger partial charge on any atom is 0.406 e. The van der Waals surface area contributed by atoms with Crippen LogP contribution in [0.4, 0.5) is 0 Å². The van der Waals surface area contributed by atoms with E-state index in [0.29, 0.717) is 5.54 Å². The van der Waals surface area contributed by atoms with Crippen molar-refractivity contribution in [2.45, 2.75) is 162 Å². The highest BCUT2D eigenvalue weighted by molar-refractivity contribution is 6.92. The Morgan fingerprint density at radius 3 is 0.839 bits per heavy atom. The summed E-state index contributed by atoms with van der Waals surface area (Å²) >= 11 is 0. The maximum atomic E-state index is 5.78. The smallest absolute Gasteiger partial charge is 0.397 e. The van der Waals surface area contributed by atoms with Gasteiger partial charge in [0.15, 0.2) is 0 Å². The minimum absolute atomic E-state index is 0.130. The molecule has 0 unspecified atom stereocenters. The van der Waals surface area contributed by atoms with Crippen molar-refractivity contribution in [2.75, 3.05) is 71.1 Å². The Labute approximate surface area is 389 Å². The van der Waals surface area contributed by atoms with E-state index in [4.69, 9.17) is 44.3 Å². The van der Waals surface area contributed by atoms with Gasteiger partial charge < -0.3 is 44.3 Å². The highest BCUT2D eigenvalue weighted by atomic mass is 28.4. The lowest BCUT2D eigenvalue weighted by atomic mass is 10.2. The van der Waals surface area contributed by atoms with Gasteiger partial charge in [-0.2, -0.15) is 0 Å². The summed E-state index contributed by atoms with van der Waals surface area (Å²) in [4.78, 5) is 0. The van der Waals surface area contributed by atoms with Gasteiger partial charge >= 0.3 is 42.8 Å². The van der Waals surface area contributed by atoms with Crippen LogP contribution in [0.5, 0.6) is 0 Å². The topological polar surface area (TPSA) is 92.3 Å². The van der Waals surface area contributed by atoms with Crippen molar-refractivity contribution < 1.29 is 44.3 Å². The molecule has 0 aromatic heterocycles. The van der Waals surface area contributed by atoms with Gasteiger partial charge in [0, 0.05) is 91.3 Å². The fourth-order valence-electron chi connectivity index (χ4n) is 7.88. The minimum atomic E-state index is -2.50. The lowest BCUT2D eigenvalue weighted by molar-refractivity contribution is 0.204. The van der Waals surface area contributed by atoms with Gasteiger partial charge in [0.05, 0.1) is 0 Å². The van der Waals surface area contributed by atoms with E-state index < -0.39 is 42.8 Å². The van der Waals surface area contributed by atoms with Gasteiger partial charge in [-0.15, -0.1) is 0 Å².